The lowest BCUT2D eigenvalue weighted by molar-refractivity contribution is 0.0767. The van der Waals surface area contributed by atoms with Crippen molar-refractivity contribution in [2.24, 2.45) is 0 Å². The summed E-state index contributed by atoms with van der Waals surface area (Å²) in [5.41, 5.74) is 1.65. The molecular weight excluding hydrogens is 363 g/mol. The van der Waals surface area contributed by atoms with E-state index in [-0.39, 0.29) is 24.0 Å². The van der Waals surface area contributed by atoms with Gasteiger partial charge in [0.05, 0.1) is 25.0 Å². The number of benzene rings is 2. The van der Waals surface area contributed by atoms with Gasteiger partial charge in [-0.05, 0) is 43.3 Å². The van der Waals surface area contributed by atoms with E-state index in [0.29, 0.717) is 23.7 Å². The fourth-order valence-electron chi connectivity index (χ4n) is 2.63. The first-order valence-electron chi connectivity index (χ1n) is 8.70. The number of ether oxygens (including phenoxy) is 2. The van der Waals surface area contributed by atoms with Gasteiger partial charge in [0.2, 0.25) is 0 Å². The van der Waals surface area contributed by atoms with Crippen molar-refractivity contribution in [3.05, 3.63) is 65.7 Å². The molecule has 1 heterocycles. The Morgan fingerprint density at radius 2 is 1.93 bits per heavy atom. The summed E-state index contributed by atoms with van der Waals surface area (Å²) < 4.78 is 25.3. The molecule has 0 aliphatic heterocycles. The SMILES string of the molecule is COc1cccc(-n2nnc(C(=O)N(C)CCOc3ccc(F)cc3)c2C)c1. The highest BCUT2D eigenvalue weighted by atomic mass is 19.1. The third-order valence-electron chi connectivity index (χ3n) is 4.25. The van der Waals surface area contributed by atoms with Gasteiger partial charge >= 0.3 is 0 Å². The van der Waals surface area contributed by atoms with Crippen LogP contribution in [0.25, 0.3) is 5.69 Å². The largest absolute Gasteiger partial charge is 0.497 e. The molecule has 0 bridgehead atoms. The van der Waals surface area contributed by atoms with E-state index in [1.807, 2.05) is 24.3 Å². The Labute approximate surface area is 162 Å². The van der Waals surface area contributed by atoms with Gasteiger partial charge < -0.3 is 14.4 Å². The van der Waals surface area contributed by atoms with E-state index in [2.05, 4.69) is 10.3 Å². The predicted molar refractivity (Wildman–Crippen MR) is 102 cm³/mol. The fourth-order valence-corrected chi connectivity index (χ4v) is 2.63. The lowest BCUT2D eigenvalue weighted by Gasteiger charge is -2.16. The molecule has 7 nitrogen and oxygen atoms in total. The maximum atomic E-state index is 12.9. The highest BCUT2D eigenvalue weighted by Crippen LogP contribution is 2.18. The summed E-state index contributed by atoms with van der Waals surface area (Å²) in [6, 6.07) is 13.1. The lowest BCUT2D eigenvalue weighted by Crippen LogP contribution is -2.31. The summed E-state index contributed by atoms with van der Waals surface area (Å²) >= 11 is 0. The second-order valence-electron chi connectivity index (χ2n) is 6.17. The quantitative estimate of drug-likeness (QED) is 0.627. The molecule has 0 saturated carbocycles. The summed E-state index contributed by atoms with van der Waals surface area (Å²) in [5, 5.41) is 8.14. The van der Waals surface area contributed by atoms with Gasteiger partial charge in [0, 0.05) is 13.1 Å². The average molecular weight is 384 g/mol. The molecule has 0 saturated heterocycles. The van der Waals surface area contributed by atoms with Crippen LogP contribution in [0.4, 0.5) is 4.39 Å². The van der Waals surface area contributed by atoms with Gasteiger partial charge in [0.15, 0.2) is 5.69 Å². The van der Waals surface area contributed by atoms with E-state index < -0.39 is 0 Å². The lowest BCUT2D eigenvalue weighted by atomic mass is 10.2. The molecule has 146 valence electrons. The zero-order valence-corrected chi connectivity index (χ0v) is 15.9. The molecule has 0 fully saturated rings. The highest BCUT2D eigenvalue weighted by Gasteiger charge is 2.21. The summed E-state index contributed by atoms with van der Waals surface area (Å²) in [5.74, 6) is 0.654. The number of carbonyl (C=O) groups excluding carboxylic acids is 1. The van der Waals surface area contributed by atoms with Crippen molar-refractivity contribution >= 4 is 5.91 Å². The van der Waals surface area contributed by atoms with Crippen LogP contribution in [0.3, 0.4) is 0 Å². The van der Waals surface area contributed by atoms with Crippen molar-refractivity contribution in [1.29, 1.82) is 0 Å². The molecule has 0 radical (unpaired) electrons. The molecule has 1 amide bonds. The number of methoxy groups -OCH3 is 1. The zero-order valence-electron chi connectivity index (χ0n) is 15.9. The van der Waals surface area contributed by atoms with Crippen molar-refractivity contribution in [3.63, 3.8) is 0 Å². The van der Waals surface area contributed by atoms with Crippen molar-refractivity contribution < 1.29 is 18.7 Å². The standard InChI is InChI=1S/C20H21FN4O3/c1-14-19(22-23-25(14)16-5-4-6-18(13-16)27-3)20(26)24(2)11-12-28-17-9-7-15(21)8-10-17/h4-10,13H,11-12H2,1-3H3. The number of hydrogen-bond donors (Lipinski definition) is 0. The van der Waals surface area contributed by atoms with Crippen molar-refractivity contribution in [3.8, 4) is 17.2 Å². The van der Waals surface area contributed by atoms with Crippen molar-refractivity contribution in [2.75, 3.05) is 27.3 Å². The molecule has 0 unspecified atom stereocenters. The summed E-state index contributed by atoms with van der Waals surface area (Å²) in [4.78, 5) is 14.2. The Kier molecular flexibility index (Phi) is 5.88. The van der Waals surface area contributed by atoms with Crippen LogP contribution in [0, 0.1) is 12.7 Å². The number of aromatic nitrogens is 3. The Morgan fingerprint density at radius 3 is 2.64 bits per heavy atom. The number of carbonyl (C=O) groups is 1. The second-order valence-corrected chi connectivity index (χ2v) is 6.17. The van der Waals surface area contributed by atoms with Crippen molar-refractivity contribution in [1.82, 2.24) is 19.9 Å². The minimum Gasteiger partial charge on any atom is -0.497 e. The van der Waals surface area contributed by atoms with Gasteiger partial charge in [-0.3, -0.25) is 4.79 Å². The topological polar surface area (TPSA) is 69.5 Å². The van der Waals surface area contributed by atoms with Crippen LogP contribution >= 0.6 is 0 Å². The third kappa shape index (κ3) is 4.28. The number of halogens is 1. The molecule has 3 aromatic rings. The summed E-state index contributed by atoms with van der Waals surface area (Å²) in [6.45, 7) is 2.41. The molecule has 0 aliphatic rings. The normalized spacial score (nSPS) is 10.6. The van der Waals surface area contributed by atoms with Gasteiger partial charge in [-0.15, -0.1) is 5.10 Å². The van der Waals surface area contributed by atoms with Gasteiger partial charge in [-0.1, -0.05) is 11.3 Å². The van der Waals surface area contributed by atoms with Gasteiger partial charge in [-0.25, -0.2) is 9.07 Å². The summed E-state index contributed by atoms with van der Waals surface area (Å²) in [6.07, 6.45) is 0. The minimum absolute atomic E-state index is 0.255. The van der Waals surface area contributed by atoms with E-state index in [4.69, 9.17) is 9.47 Å². The molecule has 0 spiro atoms. The van der Waals surface area contributed by atoms with Crippen LogP contribution in [0.5, 0.6) is 11.5 Å². The average Bonchev–Trinajstić information content (AvgIpc) is 3.10. The van der Waals surface area contributed by atoms with E-state index in [0.717, 1.165) is 5.69 Å². The van der Waals surface area contributed by atoms with Crippen molar-refractivity contribution in [2.45, 2.75) is 6.92 Å². The van der Waals surface area contributed by atoms with Gasteiger partial charge in [0.1, 0.15) is 23.9 Å². The maximum absolute atomic E-state index is 12.9. The predicted octanol–water partition coefficient (Wildman–Crippen LogP) is 2.87. The number of hydrogen-bond acceptors (Lipinski definition) is 5. The van der Waals surface area contributed by atoms with Crippen LogP contribution in [-0.4, -0.2) is 53.1 Å². The molecule has 8 heteroatoms. The molecule has 28 heavy (non-hydrogen) atoms. The summed E-state index contributed by atoms with van der Waals surface area (Å²) in [7, 11) is 3.26. The molecular formula is C20H21FN4O3. The number of likely N-dealkylation sites (N-methyl/N-ethyl adjacent to an activating group) is 1. The van der Waals surface area contributed by atoms with Crippen LogP contribution in [0.2, 0.25) is 0 Å². The van der Waals surface area contributed by atoms with E-state index in [1.54, 1.807) is 37.9 Å². The first kappa shape index (κ1) is 19.3. The first-order chi connectivity index (χ1) is 13.5. The van der Waals surface area contributed by atoms with Crippen LogP contribution in [-0.2, 0) is 0 Å². The second kappa shape index (κ2) is 8.51. The molecule has 2 aromatic carbocycles. The number of nitrogens with zero attached hydrogens (tertiary/aromatic N) is 4. The molecule has 1 aromatic heterocycles. The Balaban J connectivity index is 1.65. The number of amides is 1. The molecule has 0 atom stereocenters. The highest BCUT2D eigenvalue weighted by molar-refractivity contribution is 5.93. The van der Waals surface area contributed by atoms with Gasteiger partial charge in [-0.2, -0.15) is 0 Å². The van der Waals surface area contributed by atoms with E-state index in [1.165, 1.54) is 17.0 Å². The number of rotatable bonds is 7. The van der Waals surface area contributed by atoms with E-state index >= 15 is 0 Å². The monoisotopic (exact) mass is 384 g/mol. The molecule has 0 aliphatic carbocycles. The molecule has 3 rings (SSSR count). The first-order valence-corrected chi connectivity index (χ1v) is 8.70. The minimum atomic E-state index is -0.325. The van der Waals surface area contributed by atoms with Gasteiger partial charge in [0.25, 0.3) is 5.91 Å². The van der Waals surface area contributed by atoms with Crippen LogP contribution in [0.1, 0.15) is 16.2 Å². The Hall–Kier alpha value is -3.42. The Bertz CT molecular complexity index is 956. The van der Waals surface area contributed by atoms with Crippen LogP contribution in [0.15, 0.2) is 48.5 Å². The zero-order chi connectivity index (χ0) is 20.1. The Morgan fingerprint density at radius 1 is 1.18 bits per heavy atom. The molecule has 0 N–H and O–H groups in total. The third-order valence-corrected chi connectivity index (χ3v) is 4.25. The fraction of sp³-hybridized carbons (Fsp3) is 0.250. The van der Waals surface area contributed by atoms with E-state index in [9.17, 15) is 9.18 Å². The van der Waals surface area contributed by atoms with Crippen LogP contribution < -0.4 is 9.47 Å². The maximum Gasteiger partial charge on any atom is 0.276 e. The smallest absolute Gasteiger partial charge is 0.276 e.